The molecule has 3 rings (SSSR count). The molecule has 0 aliphatic carbocycles. The van der Waals surface area contributed by atoms with Crippen LogP contribution in [0.3, 0.4) is 0 Å². The van der Waals surface area contributed by atoms with Gasteiger partial charge in [0.05, 0.1) is 30.0 Å². The second kappa shape index (κ2) is 9.35. The number of hydrogen-bond acceptors (Lipinski definition) is 8. The molecule has 1 heterocycles. The Hall–Kier alpha value is -4.47. The molecule has 0 atom stereocenters. The predicted octanol–water partition coefficient (Wildman–Crippen LogP) is 3.85. The Balaban J connectivity index is 2.16. The molecular formula is C23H21N3O7. The quantitative estimate of drug-likeness (QED) is 0.212. The van der Waals surface area contributed by atoms with Crippen LogP contribution >= 0.6 is 0 Å². The topological polar surface area (TPSA) is 143 Å². The number of methoxy groups -OCH3 is 1. The van der Waals surface area contributed by atoms with Crippen molar-refractivity contribution in [1.82, 2.24) is 0 Å². The third kappa shape index (κ3) is 4.45. The van der Waals surface area contributed by atoms with Crippen molar-refractivity contribution in [3.8, 4) is 5.75 Å². The molecule has 1 aliphatic heterocycles. The molecule has 2 aromatic carbocycles. The molecule has 0 bridgehead atoms. The number of esters is 1. The Morgan fingerprint density at radius 1 is 1.21 bits per heavy atom. The summed E-state index contributed by atoms with van der Waals surface area (Å²) >= 11 is 0. The Kier molecular flexibility index (Phi) is 6.57. The van der Waals surface area contributed by atoms with E-state index in [4.69, 9.17) is 14.9 Å². The molecule has 170 valence electrons. The fraction of sp³-hybridized carbons (Fsp3) is 0.174. The van der Waals surface area contributed by atoms with E-state index in [1.165, 1.54) is 37.4 Å². The minimum atomic E-state index is -0.951. The Morgan fingerprint density at radius 2 is 1.88 bits per heavy atom. The number of benzene rings is 2. The largest absolute Gasteiger partial charge is 0.505 e. The number of aryl methyl sites for hydroxylation is 1. The van der Waals surface area contributed by atoms with Crippen molar-refractivity contribution in [2.24, 2.45) is 0 Å². The first kappa shape index (κ1) is 23.2. The zero-order valence-electron chi connectivity index (χ0n) is 18.1. The van der Waals surface area contributed by atoms with Crippen LogP contribution in [0.1, 0.15) is 22.8 Å². The number of aliphatic hydroxyl groups excluding tert-OH is 1. The van der Waals surface area contributed by atoms with Crippen LogP contribution in [0.15, 0.2) is 65.6 Å². The van der Waals surface area contributed by atoms with E-state index >= 15 is 0 Å². The van der Waals surface area contributed by atoms with E-state index in [2.05, 4.69) is 0 Å². The van der Waals surface area contributed by atoms with Crippen LogP contribution in [0.5, 0.6) is 5.75 Å². The van der Waals surface area contributed by atoms with E-state index in [0.29, 0.717) is 11.3 Å². The average molecular weight is 451 g/mol. The van der Waals surface area contributed by atoms with Crippen LogP contribution in [0.2, 0.25) is 0 Å². The summed E-state index contributed by atoms with van der Waals surface area (Å²) in [6.45, 7) is 3.22. The van der Waals surface area contributed by atoms with Crippen LogP contribution in [-0.2, 0) is 9.53 Å². The summed E-state index contributed by atoms with van der Waals surface area (Å²) in [4.78, 5) is 37.2. The highest BCUT2D eigenvalue weighted by Gasteiger charge is 2.39. The lowest BCUT2D eigenvalue weighted by atomic mass is 10.1. The number of carbonyl (C=O) groups excluding carboxylic acids is 2. The maximum absolute atomic E-state index is 12.9. The van der Waals surface area contributed by atoms with Crippen molar-refractivity contribution >= 4 is 29.0 Å². The fourth-order valence-corrected chi connectivity index (χ4v) is 3.27. The number of allylic oxidation sites excluding steroid dienone is 1. The minimum Gasteiger partial charge on any atom is -0.505 e. The highest BCUT2D eigenvalue weighted by Crippen LogP contribution is 2.37. The second-order valence-corrected chi connectivity index (χ2v) is 6.98. The Morgan fingerprint density at radius 3 is 2.45 bits per heavy atom. The van der Waals surface area contributed by atoms with E-state index in [1.807, 2.05) is 0 Å². The molecule has 0 aromatic heterocycles. The van der Waals surface area contributed by atoms with Crippen molar-refractivity contribution in [3.63, 3.8) is 0 Å². The molecule has 1 aliphatic rings. The molecule has 33 heavy (non-hydrogen) atoms. The number of nitrogens with one attached hydrogen (secondary N) is 1. The number of rotatable bonds is 7. The van der Waals surface area contributed by atoms with Gasteiger partial charge >= 0.3 is 5.97 Å². The molecule has 0 spiro atoms. The monoisotopic (exact) mass is 451 g/mol. The molecule has 2 N–H and O–H groups in total. The zero-order valence-corrected chi connectivity index (χ0v) is 18.1. The van der Waals surface area contributed by atoms with E-state index in [-0.39, 0.29) is 29.2 Å². The van der Waals surface area contributed by atoms with E-state index < -0.39 is 33.8 Å². The first-order valence-corrected chi connectivity index (χ1v) is 9.84. The van der Waals surface area contributed by atoms with Gasteiger partial charge in [-0.3, -0.25) is 25.2 Å². The number of aliphatic hydroxyl groups is 1. The van der Waals surface area contributed by atoms with Crippen molar-refractivity contribution < 1.29 is 29.1 Å². The second-order valence-electron chi connectivity index (χ2n) is 6.98. The number of carbonyl (C=O) groups is 2. The first-order chi connectivity index (χ1) is 15.7. The van der Waals surface area contributed by atoms with Crippen LogP contribution in [0.25, 0.3) is 0 Å². The number of nitro benzene ring substituents is 1. The Labute approximate surface area is 189 Å². The number of nitro groups is 1. The van der Waals surface area contributed by atoms with Gasteiger partial charge in [0.25, 0.3) is 5.69 Å². The van der Waals surface area contributed by atoms with Gasteiger partial charge in [-0.05, 0) is 43.7 Å². The average Bonchev–Trinajstić information content (AvgIpc) is 3.03. The number of nitrogens with zero attached hydrogens (tertiary/aromatic N) is 2. The molecule has 0 saturated carbocycles. The van der Waals surface area contributed by atoms with E-state index in [0.717, 1.165) is 11.0 Å². The van der Waals surface area contributed by atoms with Crippen LogP contribution in [0.4, 0.5) is 11.4 Å². The summed E-state index contributed by atoms with van der Waals surface area (Å²) in [6, 6.07) is 10.2. The van der Waals surface area contributed by atoms with Gasteiger partial charge < -0.3 is 14.6 Å². The van der Waals surface area contributed by atoms with Gasteiger partial charge in [-0.25, -0.2) is 4.79 Å². The lowest BCUT2D eigenvalue weighted by Gasteiger charge is -2.22. The maximum atomic E-state index is 12.9. The first-order valence-electron chi connectivity index (χ1n) is 9.84. The molecule has 10 heteroatoms. The SMILES string of the molecule is CCOC(=O)C1=C(O)/C(=C\C(=O)c2ccc(OC)cc2)N(c2cc([N+](=O)[O-])ccc2C)C1=N. The van der Waals surface area contributed by atoms with Gasteiger partial charge in [0.2, 0.25) is 0 Å². The summed E-state index contributed by atoms with van der Waals surface area (Å²) in [7, 11) is 1.49. The zero-order chi connectivity index (χ0) is 24.3. The molecule has 0 amide bonds. The molecule has 2 aromatic rings. The van der Waals surface area contributed by atoms with Crippen molar-refractivity contribution in [3.05, 3.63) is 86.8 Å². The van der Waals surface area contributed by atoms with Crippen LogP contribution < -0.4 is 9.64 Å². The lowest BCUT2D eigenvalue weighted by molar-refractivity contribution is -0.384. The number of anilines is 1. The smallest absolute Gasteiger partial charge is 0.345 e. The van der Waals surface area contributed by atoms with E-state index in [1.54, 1.807) is 26.0 Å². The highest BCUT2D eigenvalue weighted by atomic mass is 16.6. The van der Waals surface area contributed by atoms with Gasteiger partial charge in [-0.15, -0.1) is 0 Å². The van der Waals surface area contributed by atoms with Gasteiger partial charge in [-0.1, -0.05) is 6.07 Å². The molecule has 10 nitrogen and oxygen atoms in total. The standard InChI is InChI=1S/C23H21N3O7/c1-4-33-23(29)20-21(28)18(12-19(27)14-6-9-16(32-3)10-7-14)25(22(20)24)17-11-15(26(30)31)8-5-13(17)2/h5-12,24,28H,4H2,1-3H3/b18-12+,24-22?. The number of ether oxygens (including phenoxy) is 2. The summed E-state index contributed by atoms with van der Waals surface area (Å²) in [5.74, 6) is -2.03. The number of ketones is 1. The van der Waals surface area contributed by atoms with Crippen molar-refractivity contribution in [1.29, 1.82) is 5.41 Å². The van der Waals surface area contributed by atoms with Crippen molar-refractivity contribution in [2.75, 3.05) is 18.6 Å². The van der Waals surface area contributed by atoms with Gasteiger partial charge in [0.1, 0.15) is 17.2 Å². The predicted molar refractivity (Wildman–Crippen MR) is 120 cm³/mol. The summed E-state index contributed by atoms with van der Waals surface area (Å²) in [5, 5.41) is 30.6. The maximum Gasteiger partial charge on any atom is 0.345 e. The summed E-state index contributed by atoms with van der Waals surface area (Å²) in [6.07, 6.45) is 1.07. The molecular weight excluding hydrogens is 430 g/mol. The third-order valence-corrected chi connectivity index (χ3v) is 4.95. The minimum absolute atomic E-state index is 0.00254. The number of hydrogen-bond donors (Lipinski definition) is 2. The van der Waals surface area contributed by atoms with Crippen molar-refractivity contribution in [2.45, 2.75) is 13.8 Å². The van der Waals surface area contributed by atoms with Gasteiger partial charge in [0, 0.05) is 23.8 Å². The molecule has 0 fully saturated rings. The summed E-state index contributed by atoms with van der Waals surface area (Å²) in [5.41, 5.74) is 0.0696. The Bertz CT molecular complexity index is 1210. The summed E-state index contributed by atoms with van der Waals surface area (Å²) < 4.78 is 10.0. The molecule has 0 radical (unpaired) electrons. The van der Waals surface area contributed by atoms with Gasteiger partial charge in [0.15, 0.2) is 11.5 Å². The molecule has 0 saturated heterocycles. The highest BCUT2D eigenvalue weighted by molar-refractivity contribution is 6.29. The lowest BCUT2D eigenvalue weighted by Crippen LogP contribution is -2.28. The van der Waals surface area contributed by atoms with Gasteiger partial charge in [-0.2, -0.15) is 0 Å². The number of non-ortho nitro benzene ring substituents is 1. The molecule has 0 unspecified atom stereocenters. The normalized spacial score (nSPS) is 14.6. The van der Waals surface area contributed by atoms with Crippen LogP contribution in [0, 0.1) is 22.4 Å². The fourth-order valence-electron chi connectivity index (χ4n) is 3.27. The number of amidine groups is 1. The third-order valence-electron chi connectivity index (χ3n) is 4.95. The van der Waals surface area contributed by atoms with Crippen LogP contribution in [-0.4, -0.2) is 41.3 Å². The van der Waals surface area contributed by atoms with E-state index in [9.17, 15) is 24.8 Å².